The minimum atomic E-state index is -0.272. The molecule has 6 nitrogen and oxygen atoms in total. The fourth-order valence-corrected chi connectivity index (χ4v) is 2.94. The van der Waals surface area contributed by atoms with Crippen molar-refractivity contribution in [2.75, 3.05) is 0 Å². The molecule has 1 saturated carbocycles. The van der Waals surface area contributed by atoms with E-state index in [4.69, 9.17) is 4.74 Å². The van der Waals surface area contributed by atoms with E-state index in [1.54, 1.807) is 0 Å². The summed E-state index contributed by atoms with van der Waals surface area (Å²) in [6.45, 7) is 2.25. The lowest BCUT2D eigenvalue weighted by molar-refractivity contribution is 0.0886. The molecule has 126 valence electrons. The normalized spacial score (nSPS) is 19.9. The molecule has 1 heterocycles. The van der Waals surface area contributed by atoms with E-state index in [1.165, 1.54) is 16.8 Å². The molecule has 0 spiro atoms. The van der Waals surface area contributed by atoms with Gasteiger partial charge in [0.1, 0.15) is 17.5 Å². The second-order valence-corrected chi connectivity index (χ2v) is 5.85. The molecule has 24 heavy (non-hydrogen) atoms. The third-order valence-corrected chi connectivity index (χ3v) is 4.20. The van der Waals surface area contributed by atoms with Gasteiger partial charge in [0.2, 0.25) is 0 Å². The Hall–Kier alpha value is -2.63. The van der Waals surface area contributed by atoms with Crippen molar-refractivity contribution in [3.63, 3.8) is 0 Å². The number of aromatic nitrogens is 2. The van der Waals surface area contributed by atoms with Gasteiger partial charge >= 0.3 is 0 Å². The van der Waals surface area contributed by atoms with Crippen molar-refractivity contribution < 1.29 is 9.53 Å². The molecule has 2 aromatic rings. The number of hydrogen-bond donors (Lipinski definition) is 1. The lowest BCUT2D eigenvalue weighted by Gasteiger charge is -2.22. The minimum absolute atomic E-state index is 0.0477. The number of nitrogens with one attached hydrogen (secondary N) is 1. The molecule has 1 aliphatic rings. The van der Waals surface area contributed by atoms with Gasteiger partial charge in [-0.25, -0.2) is 4.68 Å². The number of carbonyl (C=O) groups excluding carboxylic acids is 1. The van der Waals surface area contributed by atoms with Crippen LogP contribution >= 0.6 is 0 Å². The molecule has 1 amide bonds. The molecule has 3 rings (SSSR count). The van der Waals surface area contributed by atoms with Gasteiger partial charge in [-0.3, -0.25) is 9.59 Å². The van der Waals surface area contributed by atoms with Crippen LogP contribution in [0, 0.1) is 0 Å². The van der Waals surface area contributed by atoms with Crippen LogP contribution in [-0.2, 0) is 6.54 Å². The number of para-hydroxylation sites is 1. The maximum Gasteiger partial charge on any atom is 0.272 e. The summed E-state index contributed by atoms with van der Waals surface area (Å²) in [6, 6.07) is 12.4. The summed E-state index contributed by atoms with van der Waals surface area (Å²) in [5, 5.41) is 7.09. The predicted octanol–water partition coefficient (Wildman–Crippen LogP) is 1.99. The van der Waals surface area contributed by atoms with Crippen molar-refractivity contribution in [2.24, 2.45) is 0 Å². The van der Waals surface area contributed by atoms with Crippen LogP contribution in [0.2, 0.25) is 0 Å². The standard InChI is InChI=1S/C18H21N3O3/c1-2-21-17(22)12-11-15(20-21)18(23)19-14-9-6-10-16(14)24-13-7-4-3-5-8-13/h3-5,7-8,11-12,14,16H,2,6,9-10H2,1H3,(H,19,23)/t14-,16+/m1/s1. The maximum atomic E-state index is 12.4. The molecule has 0 radical (unpaired) electrons. The van der Waals surface area contributed by atoms with Gasteiger partial charge in [0, 0.05) is 12.6 Å². The largest absolute Gasteiger partial charge is 0.488 e. The fourth-order valence-electron chi connectivity index (χ4n) is 2.94. The van der Waals surface area contributed by atoms with Crippen LogP contribution in [0.25, 0.3) is 0 Å². The van der Waals surface area contributed by atoms with Crippen molar-refractivity contribution >= 4 is 5.91 Å². The number of ether oxygens (including phenoxy) is 1. The Morgan fingerprint density at radius 1 is 1.25 bits per heavy atom. The Morgan fingerprint density at radius 2 is 2.04 bits per heavy atom. The molecule has 1 aliphatic carbocycles. The minimum Gasteiger partial charge on any atom is -0.488 e. The number of nitrogens with zero attached hydrogens (tertiary/aromatic N) is 2. The maximum absolute atomic E-state index is 12.4. The molecule has 1 aromatic carbocycles. The fraction of sp³-hybridized carbons (Fsp3) is 0.389. The van der Waals surface area contributed by atoms with Crippen LogP contribution in [0.4, 0.5) is 0 Å². The Kier molecular flexibility index (Phi) is 4.93. The molecular formula is C18H21N3O3. The quantitative estimate of drug-likeness (QED) is 0.911. The Morgan fingerprint density at radius 3 is 2.79 bits per heavy atom. The van der Waals surface area contributed by atoms with Crippen LogP contribution in [0.3, 0.4) is 0 Å². The zero-order valence-electron chi connectivity index (χ0n) is 13.6. The molecule has 1 N–H and O–H groups in total. The van der Waals surface area contributed by atoms with Gasteiger partial charge < -0.3 is 10.1 Å². The van der Waals surface area contributed by atoms with E-state index < -0.39 is 0 Å². The highest BCUT2D eigenvalue weighted by molar-refractivity contribution is 5.92. The molecule has 0 saturated heterocycles. The Balaban J connectivity index is 1.68. The number of hydrogen-bond acceptors (Lipinski definition) is 4. The topological polar surface area (TPSA) is 73.2 Å². The van der Waals surface area contributed by atoms with Crippen molar-refractivity contribution in [3.05, 3.63) is 58.5 Å². The van der Waals surface area contributed by atoms with Crippen LogP contribution in [0.15, 0.2) is 47.3 Å². The van der Waals surface area contributed by atoms with Gasteiger partial charge in [0.25, 0.3) is 11.5 Å². The third-order valence-electron chi connectivity index (χ3n) is 4.20. The van der Waals surface area contributed by atoms with Crippen LogP contribution in [-0.4, -0.2) is 27.8 Å². The molecule has 6 heteroatoms. The second-order valence-electron chi connectivity index (χ2n) is 5.85. The second kappa shape index (κ2) is 7.29. The summed E-state index contributed by atoms with van der Waals surface area (Å²) < 4.78 is 7.28. The molecule has 1 fully saturated rings. The Bertz CT molecular complexity index is 758. The van der Waals surface area contributed by atoms with Crippen LogP contribution in [0.1, 0.15) is 36.7 Å². The first kappa shape index (κ1) is 16.2. The number of aryl methyl sites for hydroxylation is 1. The first-order valence-corrected chi connectivity index (χ1v) is 8.28. The van der Waals surface area contributed by atoms with Crippen molar-refractivity contribution in [1.29, 1.82) is 0 Å². The lowest BCUT2D eigenvalue weighted by Crippen LogP contribution is -2.43. The van der Waals surface area contributed by atoms with Gasteiger partial charge in [-0.15, -0.1) is 0 Å². The van der Waals surface area contributed by atoms with E-state index >= 15 is 0 Å². The highest BCUT2D eigenvalue weighted by Gasteiger charge is 2.31. The van der Waals surface area contributed by atoms with E-state index in [-0.39, 0.29) is 29.3 Å². The van der Waals surface area contributed by atoms with Gasteiger partial charge in [0.05, 0.1) is 6.04 Å². The van der Waals surface area contributed by atoms with Gasteiger partial charge in [-0.05, 0) is 44.4 Å². The summed E-state index contributed by atoms with van der Waals surface area (Å²) in [4.78, 5) is 24.0. The summed E-state index contributed by atoms with van der Waals surface area (Å²) in [5.74, 6) is 0.534. The number of benzene rings is 1. The van der Waals surface area contributed by atoms with Crippen molar-refractivity contribution in [1.82, 2.24) is 15.1 Å². The average molecular weight is 327 g/mol. The average Bonchev–Trinajstić information content (AvgIpc) is 3.03. The van der Waals surface area contributed by atoms with E-state index in [0.717, 1.165) is 25.0 Å². The van der Waals surface area contributed by atoms with Crippen molar-refractivity contribution in [2.45, 2.75) is 44.9 Å². The predicted molar refractivity (Wildman–Crippen MR) is 90.1 cm³/mol. The zero-order valence-corrected chi connectivity index (χ0v) is 13.6. The third kappa shape index (κ3) is 3.64. The van der Waals surface area contributed by atoms with E-state index in [0.29, 0.717) is 6.54 Å². The molecular weight excluding hydrogens is 306 g/mol. The van der Waals surface area contributed by atoms with E-state index in [2.05, 4.69) is 10.4 Å². The first-order valence-electron chi connectivity index (χ1n) is 8.28. The smallest absolute Gasteiger partial charge is 0.272 e. The monoisotopic (exact) mass is 327 g/mol. The van der Waals surface area contributed by atoms with E-state index in [1.807, 2.05) is 37.3 Å². The summed E-state index contributed by atoms with van der Waals surface area (Å²) in [7, 11) is 0. The zero-order chi connectivity index (χ0) is 16.9. The number of carbonyl (C=O) groups is 1. The summed E-state index contributed by atoms with van der Waals surface area (Å²) in [6.07, 6.45) is 2.73. The molecule has 0 aliphatic heterocycles. The lowest BCUT2D eigenvalue weighted by atomic mass is 10.2. The summed E-state index contributed by atoms with van der Waals surface area (Å²) in [5.41, 5.74) is 0.0435. The Labute approximate surface area is 140 Å². The molecule has 1 aromatic heterocycles. The van der Waals surface area contributed by atoms with Crippen molar-refractivity contribution in [3.8, 4) is 5.75 Å². The van der Waals surface area contributed by atoms with Crippen LogP contribution < -0.4 is 15.6 Å². The highest BCUT2D eigenvalue weighted by Crippen LogP contribution is 2.24. The molecule has 2 atom stereocenters. The van der Waals surface area contributed by atoms with Crippen LogP contribution in [0.5, 0.6) is 5.75 Å². The van der Waals surface area contributed by atoms with Gasteiger partial charge in [-0.1, -0.05) is 18.2 Å². The van der Waals surface area contributed by atoms with E-state index in [9.17, 15) is 9.59 Å². The van der Waals surface area contributed by atoms with Gasteiger partial charge in [0.15, 0.2) is 0 Å². The number of amides is 1. The molecule has 0 bridgehead atoms. The highest BCUT2D eigenvalue weighted by atomic mass is 16.5. The SMILES string of the molecule is CCn1nc(C(=O)N[C@@H]2CCC[C@@H]2Oc2ccccc2)ccc1=O. The molecule has 0 unspecified atom stereocenters. The number of rotatable bonds is 5. The summed E-state index contributed by atoms with van der Waals surface area (Å²) >= 11 is 0. The van der Waals surface area contributed by atoms with Gasteiger partial charge in [-0.2, -0.15) is 5.10 Å². The first-order chi connectivity index (χ1) is 11.7.